The van der Waals surface area contributed by atoms with Crippen LogP contribution >= 0.6 is 0 Å². The summed E-state index contributed by atoms with van der Waals surface area (Å²) in [6.45, 7) is 1.33. The molecule has 0 saturated carbocycles. The van der Waals surface area contributed by atoms with Crippen LogP contribution in [0, 0.1) is 0 Å². The summed E-state index contributed by atoms with van der Waals surface area (Å²) in [6, 6.07) is 5.09. The number of nitrogens with zero attached hydrogens (tertiary/aromatic N) is 2. The van der Waals surface area contributed by atoms with Crippen LogP contribution in [0.25, 0.3) is 11.0 Å². The summed E-state index contributed by atoms with van der Waals surface area (Å²) < 4.78 is 5.14. The first kappa shape index (κ1) is 14.6. The molecule has 2 heterocycles. The number of aromatic amines is 1. The Bertz CT molecular complexity index is 672. The van der Waals surface area contributed by atoms with Gasteiger partial charge in [-0.3, -0.25) is 4.79 Å². The van der Waals surface area contributed by atoms with Gasteiger partial charge in [0.2, 0.25) is 0 Å². The van der Waals surface area contributed by atoms with Crippen LogP contribution in [0.15, 0.2) is 24.5 Å². The number of hydrogen-bond acceptors (Lipinski definition) is 4. The fraction of sp³-hybridized carbons (Fsp3) is 0.438. The smallest absolute Gasteiger partial charge is 0.338 e. The Kier molecular flexibility index (Phi) is 4.37. The molecule has 2 aromatic rings. The molecule has 1 fully saturated rings. The van der Waals surface area contributed by atoms with Crippen molar-refractivity contribution in [1.82, 2.24) is 14.9 Å². The number of hydrogen-bond donors (Lipinski definition) is 1. The predicted molar refractivity (Wildman–Crippen MR) is 81.4 cm³/mol. The van der Waals surface area contributed by atoms with E-state index in [-0.39, 0.29) is 12.5 Å². The number of nitrogens with one attached hydrogen (secondary N) is 1. The van der Waals surface area contributed by atoms with Gasteiger partial charge in [0, 0.05) is 13.1 Å². The third-order valence-corrected chi connectivity index (χ3v) is 3.94. The van der Waals surface area contributed by atoms with Gasteiger partial charge < -0.3 is 14.6 Å². The molecule has 22 heavy (non-hydrogen) atoms. The van der Waals surface area contributed by atoms with E-state index in [1.807, 2.05) is 0 Å². The molecule has 116 valence electrons. The Morgan fingerprint density at radius 3 is 2.73 bits per heavy atom. The van der Waals surface area contributed by atoms with Crippen LogP contribution in [-0.4, -0.2) is 46.4 Å². The lowest BCUT2D eigenvalue weighted by atomic mass is 10.2. The van der Waals surface area contributed by atoms with E-state index in [0.717, 1.165) is 49.8 Å². The van der Waals surface area contributed by atoms with Crippen molar-refractivity contribution >= 4 is 22.9 Å². The predicted octanol–water partition coefficient (Wildman–Crippen LogP) is 2.12. The van der Waals surface area contributed by atoms with E-state index in [4.69, 9.17) is 4.74 Å². The van der Waals surface area contributed by atoms with E-state index in [9.17, 15) is 9.59 Å². The van der Waals surface area contributed by atoms with Crippen LogP contribution in [0.4, 0.5) is 0 Å². The molecular formula is C16H19N3O3. The molecule has 1 N–H and O–H groups in total. The summed E-state index contributed by atoms with van der Waals surface area (Å²) in [5, 5.41) is 0. The topological polar surface area (TPSA) is 75.3 Å². The first-order valence-electron chi connectivity index (χ1n) is 7.62. The van der Waals surface area contributed by atoms with E-state index < -0.39 is 5.97 Å². The number of esters is 1. The molecule has 1 aromatic heterocycles. The maximum atomic E-state index is 12.1. The van der Waals surface area contributed by atoms with E-state index in [1.165, 1.54) is 0 Å². The van der Waals surface area contributed by atoms with Crippen molar-refractivity contribution in [2.45, 2.75) is 25.7 Å². The van der Waals surface area contributed by atoms with Crippen LogP contribution in [0.3, 0.4) is 0 Å². The molecule has 0 unspecified atom stereocenters. The summed E-state index contributed by atoms with van der Waals surface area (Å²) in [4.78, 5) is 33.0. The van der Waals surface area contributed by atoms with Crippen LogP contribution < -0.4 is 0 Å². The molecule has 0 radical (unpaired) electrons. The lowest BCUT2D eigenvalue weighted by Gasteiger charge is -2.19. The highest BCUT2D eigenvalue weighted by atomic mass is 16.5. The fourth-order valence-electron chi connectivity index (χ4n) is 2.68. The first-order chi connectivity index (χ1) is 10.7. The van der Waals surface area contributed by atoms with Gasteiger partial charge in [-0.15, -0.1) is 0 Å². The standard InChI is InChI=1S/C16H19N3O3/c20-15(19-7-3-1-2-4-8-19)10-22-16(21)12-5-6-13-14(9-12)18-11-17-13/h5-6,9,11H,1-4,7-8,10H2,(H,17,18). The second kappa shape index (κ2) is 6.60. The Morgan fingerprint density at radius 1 is 1.18 bits per heavy atom. The van der Waals surface area contributed by atoms with Crippen molar-refractivity contribution in [3.8, 4) is 0 Å². The zero-order valence-corrected chi connectivity index (χ0v) is 12.4. The van der Waals surface area contributed by atoms with Crippen molar-refractivity contribution in [1.29, 1.82) is 0 Å². The molecular weight excluding hydrogens is 282 g/mol. The molecule has 1 saturated heterocycles. The molecule has 1 aromatic carbocycles. The minimum Gasteiger partial charge on any atom is -0.452 e. The third kappa shape index (κ3) is 3.27. The monoisotopic (exact) mass is 301 g/mol. The van der Waals surface area contributed by atoms with Gasteiger partial charge in [-0.1, -0.05) is 12.8 Å². The molecule has 1 aliphatic rings. The molecule has 3 rings (SSSR count). The molecule has 0 bridgehead atoms. The summed E-state index contributed by atoms with van der Waals surface area (Å²) in [6.07, 6.45) is 5.94. The van der Waals surface area contributed by atoms with Gasteiger partial charge in [0.1, 0.15) is 0 Å². The molecule has 0 atom stereocenters. The highest BCUT2D eigenvalue weighted by molar-refractivity contribution is 5.94. The van der Waals surface area contributed by atoms with Crippen molar-refractivity contribution in [3.63, 3.8) is 0 Å². The van der Waals surface area contributed by atoms with E-state index >= 15 is 0 Å². The number of H-pyrrole nitrogens is 1. The number of ether oxygens (including phenoxy) is 1. The Hall–Kier alpha value is -2.37. The average molecular weight is 301 g/mol. The van der Waals surface area contributed by atoms with E-state index in [0.29, 0.717) is 5.56 Å². The SMILES string of the molecule is O=C(OCC(=O)N1CCCCCC1)c1ccc2nc[nH]c2c1. The largest absolute Gasteiger partial charge is 0.452 e. The molecule has 0 aliphatic carbocycles. The number of fused-ring (bicyclic) bond motifs is 1. The lowest BCUT2D eigenvalue weighted by Crippen LogP contribution is -2.35. The summed E-state index contributed by atoms with van der Waals surface area (Å²) in [7, 11) is 0. The number of likely N-dealkylation sites (tertiary alicyclic amines) is 1. The fourth-order valence-corrected chi connectivity index (χ4v) is 2.68. The number of imidazole rings is 1. The molecule has 0 spiro atoms. The molecule has 1 amide bonds. The van der Waals surface area contributed by atoms with E-state index in [2.05, 4.69) is 9.97 Å². The number of benzene rings is 1. The van der Waals surface area contributed by atoms with Gasteiger partial charge in [-0.2, -0.15) is 0 Å². The maximum absolute atomic E-state index is 12.1. The molecule has 1 aliphatic heterocycles. The summed E-state index contributed by atoms with van der Waals surface area (Å²) in [5.41, 5.74) is 1.98. The van der Waals surface area contributed by atoms with Crippen LogP contribution in [-0.2, 0) is 9.53 Å². The lowest BCUT2D eigenvalue weighted by molar-refractivity contribution is -0.134. The Labute approximate surface area is 128 Å². The number of carbonyl (C=O) groups is 2. The van der Waals surface area contributed by atoms with Crippen LogP contribution in [0.2, 0.25) is 0 Å². The van der Waals surface area contributed by atoms with E-state index in [1.54, 1.807) is 29.4 Å². The van der Waals surface area contributed by atoms with Gasteiger partial charge in [0.25, 0.3) is 5.91 Å². The Balaban J connectivity index is 1.57. The highest BCUT2D eigenvalue weighted by Gasteiger charge is 2.18. The highest BCUT2D eigenvalue weighted by Crippen LogP contribution is 2.13. The van der Waals surface area contributed by atoms with Crippen LogP contribution in [0.1, 0.15) is 36.0 Å². The van der Waals surface area contributed by atoms with Gasteiger partial charge >= 0.3 is 5.97 Å². The van der Waals surface area contributed by atoms with Gasteiger partial charge in [0.05, 0.1) is 22.9 Å². The number of rotatable bonds is 3. The summed E-state index contributed by atoms with van der Waals surface area (Å²) in [5.74, 6) is -0.599. The zero-order valence-electron chi connectivity index (χ0n) is 12.4. The van der Waals surface area contributed by atoms with Gasteiger partial charge in [-0.05, 0) is 31.0 Å². The zero-order chi connectivity index (χ0) is 15.4. The number of aromatic nitrogens is 2. The molecule has 6 nitrogen and oxygen atoms in total. The van der Waals surface area contributed by atoms with Crippen molar-refractivity contribution in [2.75, 3.05) is 19.7 Å². The third-order valence-electron chi connectivity index (χ3n) is 3.94. The quantitative estimate of drug-likeness (QED) is 0.881. The van der Waals surface area contributed by atoms with Crippen molar-refractivity contribution in [3.05, 3.63) is 30.1 Å². The first-order valence-corrected chi connectivity index (χ1v) is 7.62. The second-order valence-corrected chi connectivity index (χ2v) is 5.51. The van der Waals surface area contributed by atoms with Gasteiger partial charge in [0.15, 0.2) is 6.61 Å². The summed E-state index contributed by atoms with van der Waals surface area (Å²) >= 11 is 0. The normalized spacial score (nSPS) is 15.5. The maximum Gasteiger partial charge on any atom is 0.338 e. The average Bonchev–Trinajstić information content (AvgIpc) is 2.83. The van der Waals surface area contributed by atoms with Crippen molar-refractivity contribution < 1.29 is 14.3 Å². The molecule has 6 heteroatoms. The number of amides is 1. The minimum atomic E-state index is -0.486. The van der Waals surface area contributed by atoms with Gasteiger partial charge in [-0.25, -0.2) is 9.78 Å². The number of carbonyl (C=O) groups excluding carboxylic acids is 2. The Morgan fingerprint density at radius 2 is 1.95 bits per heavy atom. The minimum absolute atomic E-state index is 0.113. The second-order valence-electron chi connectivity index (χ2n) is 5.51. The van der Waals surface area contributed by atoms with Crippen LogP contribution in [0.5, 0.6) is 0 Å². The van der Waals surface area contributed by atoms with Crippen molar-refractivity contribution in [2.24, 2.45) is 0 Å².